The number of anilines is 1. The summed E-state index contributed by atoms with van der Waals surface area (Å²) in [6.45, 7) is 0.473. The van der Waals surface area contributed by atoms with Crippen molar-refractivity contribution >= 4 is 28.5 Å². The minimum absolute atomic E-state index is 0.251. The van der Waals surface area contributed by atoms with E-state index in [0.717, 1.165) is 5.56 Å². The van der Waals surface area contributed by atoms with Crippen LogP contribution in [0.25, 0.3) is 6.08 Å². The molecule has 0 aliphatic carbocycles. The second-order valence-electron chi connectivity index (χ2n) is 4.82. The highest BCUT2D eigenvalue weighted by Gasteiger charge is 2.04. The Morgan fingerprint density at radius 2 is 2.22 bits per heavy atom. The summed E-state index contributed by atoms with van der Waals surface area (Å²) in [7, 11) is 0.607. The maximum atomic E-state index is 11.9. The number of benzene rings is 1. The maximum absolute atomic E-state index is 11.9. The summed E-state index contributed by atoms with van der Waals surface area (Å²) in [4.78, 5) is 11.9. The summed E-state index contributed by atoms with van der Waals surface area (Å²) in [6, 6.07) is 10.8. The van der Waals surface area contributed by atoms with Crippen LogP contribution in [0.3, 0.4) is 0 Å². The predicted octanol–water partition coefficient (Wildman–Crippen LogP) is 2.83. The second-order valence-corrected chi connectivity index (χ2v) is 6.40. The van der Waals surface area contributed by atoms with E-state index in [1.54, 1.807) is 37.6 Å². The second kappa shape index (κ2) is 9.07. The van der Waals surface area contributed by atoms with Crippen molar-refractivity contribution in [2.45, 2.75) is 5.75 Å². The van der Waals surface area contributed by atoms with Gasteiger partial charge in [0.15, 0.2) is 0 Å². The Kier molecular flexibility index (Phi) is 6.77. The van der Waals surface area contributed by atoms with Crippen LogP contribution >= 0.6 is 0 Å². The summed E-state index contributed by atoms with van der Waals surface area (Å²) in [5.74, 6) is 1.30. The van der Waals surface area contributed by atoms with Gasteiger partial charge >= 0.3 is 0 Å². The SMILES string of the molecule is COCC[S@@](=O)Cc1cccc(NC(=O)/C=C/c2ccco2)c1. The first-order chi connectivity index (χ1) is 11.2. The molecule has 0 radical (unpaired) electrons. The average Bonchev–Trinajstić information content (AvgIpc) is 3.05. The van der Waals surface area contributed by atoms with Gasteiger partial charge in [0, 0.05) is 41.2 Å². The van der Waals surface area contributed by atoms with Crippen LogP contribution in [0.2, 0.25) is 0 Å². The van der Waals surface area contributed by atoms with Crippen molar-refractivity contribution in [2.75, 3.05) is 24.8 Å². The number of methoxy groups -OCH3 is 1. The minimum Gasteiger partial charge on any atom is -0.465 e. The van der Waals surface area contributed by atoms with E-state index >= 15 is 0 Å². The van der Waals surface area contributed by atoms with Gasteiger partial charge in [0.25, 0.3) is 0 Å². The third kappa shape index (κ3) is 6.22. The van der Waals surface area contributed by atoms with E-state index < -0.39 is 10.8 Å². The number of carbonyl (C=O) groups excluding carboxylic acids is 1. The van der Waals surface area contributed by atoms with E-state index in [1.807, 2.05) is 18.2 Å². The summed E-state index contributed by atoms with van der Waals surface area (Å²) in [6.07, 6.45) is 4.55. The Balaban J connectivity index is 1.91. The predicted molar refractivity (Wildman–Crippen MR) is 91.4 cm³/mol. The zero-order chi connectivity index (χ0) is 16.5. The van der Waals surface area contributed by atoms with Gasteiger partial charge in [-0.2, -0.15) is 0 Å². The maximum Gasteiger partial charge on any atom is 0.248 e. The molecule has 0 spiro atoms. The molecule has 1 aromatic heterocycles. The normalized spacial score (nSPS) is 12.4. The Bertz CT molecular complexity index is 680. The Hall–Kier alpha value is -2.18. The molecule has 6 heteroatoms. The first kappa shape index (κ1) is 17.2. The Morgan fingerprint density at radius 1 is 1.35 bits per heavy atom. The molecule has 1 atom stereocenters. The number of hydrogen-bond acceptors (Lipinski definition) is 4. The Morgan fingerprint density at radius 3 is 2.96 bits per heavy atom. The zero-order valence-electron chi connectivity index (χ0n) is 12.9. The topological polar surface area (TPSA) is 68.5 Å². The van der Waals surface area contributed by atoms with Crippen LogP contribution < -0.4 is 5.32 Å². The van der Waals surface area contributed by atoms with Gasteiger partial charge < -0.3 is 14.5 Å². The molecule has 0 bridgehead atoms. The van der Waals surface area contributed by atoms with Crippen molar-refractivity contribution in [3.8, 4) is 0 Å². The molecule has 0 fully saturated rings. The molecule has 1 N–H and O–H groups in total. The molecule has 0 saturated carbocycles. The fourth-order valence-electron chi connectivity index (χ4n) is 1.90. The van der Waals surface area contributed by atoms with E-state index in [0.29, 0.717) is 29.6 Å². The van der Waals surface area contributed by atoms with E-state index in [1.165, 1.54) is 6.08 Å². The number of hydrogen-bond donors (Lipinski definition) is 1. The fraction of sp³-hybridized carbons (Fsp3) is 0.235. The summed E-state index contributed by atoms with van der Waals surface area (Å²) in [5.41, 5.74) is 1.58. The number of furan rings is 1. The van der Waals surface area contributed by atoms with Gasteiger partial charge in [0.1, 0.15) is 5.76 Å². The van der Waals surface area contributed by atoms with E-state index in [-0.39, 0.29) is 5.91 Å². The number of rotatable bonds is 8. The largest absolute Gasteiger partial charge is 0.465 e. The standard InChI is InChI=1S/C17H19NO4S/c1-21-10-11-23(20)13-14-4-2-5-15(12-14)18-17(19)8-7-16-6-3-9-22-16/h2-9,12H,10-11,13H2,1H3,(H,18,19)/b8-7+/t23-/m1/s1. The van der Waals surface area contributed by atoms with Crippen molar-refractivity contribution in [3.05, 3.63) is 60.1 Å². The van der Waals surface area contributed by atoms with E-state index in [9.17, 15) is 9.00 Å². The molecule has 0 aliphatic heterocycles. The van der Waals surface area contributed by atoms with Crippen molar-refractivity contribution in [2.24, 2.45) is 0 Å². The highest BCUT2D eigenvalue weighted by atomic mass is 32.2. The third-order valence-electron chi connectivity index (χ3n) is 2.98. The van der Waals surface area contributed by atoms with Gasteiger partial charge in [-0.05, 0) is 35.9 Å². The van der Waals surface area contributed by atoms with Crippen LogP contribution in [0.5, 0.6) is 0 Å². The quantitative estimate of drug-likeness (QED) is 0.754. The van der Waals surface area contributed by atoms with Gasteiger partial charge in [0.05, 0.1) is 12.9 Å². The van der Waals surface area contributed by atoms with Crippen LogP contribution in [0, 0.1) is 0 Å². The lowest BCUT2D eigenvalue weighted by atomic mass is 10.2. The molecule has 1 amide bonds. The molecule has 1 heterocycles. The molecule has 122 valence electrons. The van der Waals surface area contributed by atoms with Crippen molar-refractivity contribution < 1.29 is 18.2 Å². The van der Waals surface area contributed by atoms with Crippen LogP contribution in [0.1, 0.15) is 11.3 Å². The van der Waals surface area contributed by atoms with Crippen molar-refractivity contribution in [1.82, 2.24) is 0 Å². The van der Waals surface area contributed by atoms with Crippen LogP contribution in [0.15, 0.2) is 53.2 Å². The van der Waals surface area contributed by atoms with Gasteiger partial charge in [-0.25, -0.2) is 0 Å². The highest BCUT2D eigenvalue weighted by molar-refractivity contribution is 7.84. The first-order valence-corrected chi connectivity index (χ1v) is 8.61. The summed E-state index contributed by atoms with van der Waals surface area (Å²) >= 11 is 0. The molecule has 0 unspecified atom stereocenters. The molecule has 0 aliphatic rings. The minimum atomic E-state index is -0.980. The molecule has 1 aromatic carbocycles. The lowest BCUT2D eigenvalue weighted by molar-refractivity contribution is -0.111. The molecule has 2 rings (SSSR count). The van der Waals surface area contributed by atoms with Gasteiger partial charge in [-0.1, -0.05) is 12.1 Å². The molecular formula is C17H19NO4S. The number of amides is 1. The molecule has 2 aromatic rings. The molecule has 5 nitrogen and oxygen atoms in total. The monoisotopic (exact) mass is 333 g/mol. The molecule has 0 saturated heterocycles. The fourth-order valence-corrected chi connectivity index (χ4v) is 2.95. The summed E-state index contributed by atoms with van der Waals surface area (Å²) in [5, 5.41) is 2.77. The lowest BCUT2D eigenvalue weighted by Gasteiger charge is -2.06. The lowest BCUT2D eigenvalue weighted by Crippen LogP contribution is -2.09. The smallest absolute Gasteiger partial charge is 0.248 e. The number of nitrogens with one attached hydrogen (secondary N) is 1. The Labute approximate surface area is 137 Å². The summed E-state index contributed by atoms with van der Waals surface area (Å²) < 4.78 is 21.9. The third-order valence-corrected chi connectivity index (χ3v) is 4.26. The van der Waals surface area contributed by atoms with Crippen LogP contribution in [-0.4, -0.2) is 29.6 Å². The van der Waals surface area contributed by atoms with Crippen molar-refractivity contribution in [3.63, 3.8) is 0 Å². The van der Waals surface area contributed by atoms with Crippen molar-refractivity contribution in [1.29, 1.82) is 0 Å². The first-order valence-electron chi connectivity index (χ1n) is 7.13. The van der Waals surface area contributed by atoms with Gasteiger partial charge in [-0.15, -0.1) is 0 Å². The van der Waals surface area contributed by atoms with E-state index in [2.05, 4.69) is 5.32 Å². The highest BCUT2D eigenvalue weighted by Crippen LogP contribution is 2.13. The van der Waals surface area contributed by atoms with E-state index in [4.69, 9.17) is 9.15 Å². The number of carbonyl (C=O) groups is 1. The molecule has 23 heavy (non-hydrogen) atoms. The van der Waals surface area contributed by atoms with Crippen LogP contribution in [-0.2, 0) is 26.1 Å². The van der Waals surface area contributed by atoms with Gasteiger partial charge in [0.2, 0.25) is 5.91 Å². The van der Waals surface area contributed by atoms with Gasteiger partial charge in [-0.3, -0.25) is 9.00 Å². The average molecular weight is 333 g/mol. The molecular weight excluding hydrogens is 314 g/mol. The van der Waals surface area contributed by atoms with Crippen LogP contribution in [0.4, 0.5) is 5.69 Å². The zero-order valence-corrected chi connectivity index (χ0v) is 13.7. The number of ether oxygens (including phenoxy) is 1.